The lowest BCUT2D eigenvalue weighted by atomic mass is 9.80. The average Bonchev–Trinajstić information content (AvgIpc) is 2.75. The van der Waals surface area contributed by atoms with Crippen LogP contribution in [0.1, 0.15) is 32.1 Å². The number of aliphatic imine (C=N–C) groups is 1. The number of aromatic nitrogens is 1. The van der Waals surface area contributed by atoms with Crippen LogP contribution in [0.3, 0.4) is 0 Å². The van der Waals surface area contributed by atoms with Crippen LogP contribution in [0.15, 0.2) is 29.5 Å². The van der Waals surface area contributed by atoms with Crippen molar-refractivity contribution in [2.45, 2.75) is 37.6 Å². The van der Waals surface area contributed by atoms with E-state index in [1.165, 1.54) is 32.1 Å². The van der Waals surface area contributed by atoms with Gasteiger partial charge in [-0.3, -0.25) is 14.9 Å². The number of morpholine rings is 1. The Kier molecular flexibility index (Phi) is 7.71. The molecule has 1 aliphatic carbocycles. The van der Waals surface area contributed by atoms with Gasteiger partial charge in [-0.15, -0.1) is 0 Å². The molecule has 1 saturated carbocycles. The predicted octanol–water partition coefficient (Wildman–Crippen LogP) is 1.66. The van der Waals surface area contributed by atoms with Crippen LogP contribution in [0.5, 0.6) is 5.75 Å². The van der Waals surface area contributed by atoms with Crippen molar-refractivity contribution in [1.29, 1.82) is 0 Å². The Morgan fingerprint density at radius 1 is 1.26 bits per heavy atom. The summed E-state index contributed by atoms with van der Waals surface area (Å²) in [5, 5.41) is 6.91. The van der Waals surface area contributed by atoms with E-state index >= 15 is 0 Å². The summed E-state index contributed by atoms with van der Waals surface area (Å²) in [7, 11) is 1.82. The summed E-state index contributed by atoms with van der Waals surface area (Å²) in [6.07, 6.45) is 9.94. The average molecular weight is 376 g/mol. The maximum absolute atomic E-state index is 5.68. The van der Waals surface area contributed by atoms with Crippen LogP contribution in [0.4, 0.5) is 0 Å². The van der Waals surface area contributed by atoms with E-state index in [0.717, 1.165) is 44.6 Å². The minimum absolute atomic E-state index is 0.228. The molecule has 1 aromatic heterocycles. The lowest BCUT2D eigenvalue weighted by molar-refractivity contribution is -0.0352. The third-order valence-corrected chi connectivity index (χ3v) is 5.57. The van der Waals surface area contributed by atoms with Crippen LogP contribution in [0, 0.1) is 0 Å². The summed E-state index contributed by atoms with van der Waals surface area (Å²) in [5.41, 5.74) is 0.228. The van der Waals surface area contributed by atoms with Crippen LogP contribution in [-0.2, 0) is 4.74 Å². The number of rotatable bonds is 7. The second-order valence-electron chi connectivity index (χ2n) is 7.27. The fourth-order valence-corrected chi connectivity index (χ4v) is 4.09. The maximum Gasteiger partial charge on any atom is 0.191 e. The molecule has 2 N–H and O–H groups in total. The van der Waals surface area contributed by atoms with Gasteiger partial charge in [-0.2, -0.15) is 0 Å². The Balaban J connectivity index is 1.46. The van der Waals surface area contributed by atoms with Crippen molar-refractivity contribution < 1.29 is 9.47 Å². The normalized spacial score (nSPS) is 20.9. The summed E-state index contributed by atoms with van der Waals surface area (Å²) in [6.45, 7) is 5.95. The van der Waals surface area contributed by atoms with Crippen molar-refractivity contribution in [2.24, 2.45) is 4.99 Å². The van der Waals surface area contributed by atoms with Gasteiger partial charge in [-0.25, -0.2) is 0 Å². The van der Waals surface area contributed by atoms with Gasteiger partial charge in [0.2, 0.25) is 0 Å². The summed E-state index contributed by atoms with van der Waals surface area (Å²) < 4.78 is 11.2. The molecule has 7 nitrogen and oxygen atoms in total. The SMILES string of the molecule is CN=C(NCCOc1cccnc1)NCC1(N2CCOCC2)CCCCC1. The van der Waals surface area contributed by atoms with E-state index in [9.17, 15) is 0 Å². The van der Waals surface area contributed by atoms with Crippen molar-refractivity contribution in [3.8, 4) is 5.75 Å². The number of hydrogen-bond donors (Lipinski definition) is 2. The Bertz CT molecular complexity index is 569. The minimum Gasteiger partial charge on any atom is -0.490 e. The zero-order valence-corrected chi connectivity index (χ0v) is 16.5. The van der Waals surface area contributed by atoms with Gasteiger partial charge in [0, 0.05) is 38.4 Å². The molecule has 3 rings (SSSR count). The van der Waals surface area contributed by atoms with E-state index in [1.807, 2.05) is 19.2 Å². The lowest BCUT2D eigenvalue weighted by Crippen LogP contribution is -2.60. The highest BCUT2D eigenvalue weighted by atomic mass is 16.5. The number of pyridine rings is 1. The van der Waals surface area contributed by atoms with Gasteiger partial charge in [0.15, 0.2) is 5.96 Å². The molecule has 2 fully saturated rings. The van der Waals surface area contributed by atoms with Crippen molar-refractivity contribution in [3.63, 3.8) is 0 Å². The molecule has 150 valence electrons. The first-order valence-electron chi connectivity index (χ1n) is 10.1. The van der Waals surface area contributed by atoms with Gasteiger partial charge in [0.05, 0.1) is 26.0 Å². The first kappa shape index (κ1) is 19.9. The summed E-state index contributed by atoms with van der Waals surface area (Å²) >= 11 is 0. The quantitative estimate of drug-likeness (QED) is 0.429. The Hall–Kier alpha value is -1.86. The second kappa shape index (κ2) is 10.5. The third-order valence-electron chi connectivity index (χ3n) is 5.57. The van der Waals surface area contributed by atoms with Gasteiger partial charge in [0.25, 0.3) is 0 Å². The van der Waals surface area contributed by atoms with Gasteiger partial charge < -0.3 is 20.1 Å². The molecule has 1 saturated heterocycles. The molecule has 0 spiro atoms. The van der Waals surface area contributed by atoms with E-state index < -0.39 is 0 Å². The summed E-state index contributed by atoms with van der Waals surface area (Å²) in [6, 6.07) is 3.79. The van der Waals surface area contributed by atoms with Crippen molar-refractivity contribution in [1.82, 2.24) is 20.5 Å². The lowest BCUT2D eigenvalue weighted by Gasteiger charge is -2.48. The Morgan fingerprint density at radius 2 is 2.07 bits per heavy atom. The minimum atomic E-state index is 0.228. The fourth-order valence-electron chi connectivity index (χ4n) is 4.09. The van der Waals surface area contributed by atoms with Crippen molar-refractivity contribution >= 4 is 5.96 Å². The number of ether oxygens (including phenoxy) is 2. The molecule has 0 aromatic carbocycles. The molecule has 2 heterocycles. The monoisotopic (exact) mass is 375 g/mol. The van der Waals surface area contributed by atoms with Gasteiger partial charge in [-0.05, 0) is 25.0 Å². The first-order chi connectivity index (χ1) is 13.3. The molecule has 7 heteroatoms. The third kappa shape index (κ3) is 5.81. The Labute approximate surface area is 162 Å². The molecule has 0 unspecified atom stereocenters. The predicted molar refractivity (Wildman–Crippen MR) is 107 cm³/mol. The molecular formula is C20H33N5O2. The summed E-state index contributed by atoms with van der Waals surface area (Å²) in [5.74, 6) is 1.62. The summed E-state index contributed by atoms with van der Waals surface area (Å²) in [4.78, 5) is 11.1. The highest BCUT2D eigenvalue weighted by Crippen LogP contribution is 2.33. The molecule has 1 aliphatic heterocycles. The first-order valence-corrected chi connectivity index (χ1v) is 10.1. The van der Waals surface area contributed by atoms with Crippen LogP contribution < -0.4 is 15.4 Å². The van der Waals surface area contributed by atoms with Crippen molar-refractivity contribution in [2.75, 3.05) is 53.0 Å². The van der Waals surface area contributed by atoms with E-state index in [1.54, 1.807) is 12.4 Å². The standard InChI is InChI=1S/C20H33N5O2/c1-21-19(23-10-13-27-18-6-5-9-22-16-18)24-17-20(7-3-2-4-8-20)25-11-14-26-15-12-25/h5-6,9,16H,2-4,7-8,10-15,17H2,1H3,(H2,21,23,24). The van der Waals surface area contributed by atoms with Crippen LogP contribution >= 0.6 is 0 Å². The van der Waals surface area contributed by atoms with Crippen LogP contribution in [-0.4, -0.2) is 74.4 Å². The zero-order valence-electron chi connectivity index (χ0n) is 16.5. The van der Waals surface area contributed by atoms with E-state index in [-0.39, 0.29) is 5.54 Å². The highest BCUT2D eigenvalue weighted by Gasteiger charge is 2.38. The second-order valence-corrected chi connectivity index (χ2v) is 7.27. The molecule has 0 amide bonds. The smallest absolute Gasteiger partial charge is 0.191 e. The number of hydrogen-bond acceptors (Lipinski definition) is 5. The highest BCUT2D eigenvalue weighted by molar-refractivity contribution is 5.79. The topological polar surface area (TPSA) is 71.0 Å². The van der Waals surface area contributed by atoms with Gasteiger partial charge in [-0.1, -0.05) is 19.3 Å². The molecule has 1 aromatic rings. The largest absolute Gasteiger partial charge is 0.490 e. The molecule has 0 radical (unpaired) electrons. The number of nitrogens with one attached hydrogen (secondary N) is 2. The van der Waals surface area contributed by atoms with Crippen molar-refractivity contribution in [3.05, 3.63) is 24.5 Å². The van der Waals surface area contributed by atoms with Gasteiger partial charge >= 0.3 is 0 Å². The molecule has 27 heavy (non-hydrogen) atoms. The Morgan fingerprint density at radius 3 is 2.78 bits per heavy atom. The molecule has 0 atom stereocenters. The molecular weight excluding hydrogens is 342 g/mol. The van der Waals surface area contributed by atoms with Crippen LogP contribution in [0.2, 0.25) is 0 Å². The molecule has 0 bridgehead atoms. The molecule has 2 aliphatic rings. The maximum atomic E-state index is 5.68. The van der Waals surface area contributed by atoms with E-state index in [4.69, 9.17) is 9.47 Å². The number of nitrogens with zero attached hydrogens (tertiary/aromatic N) is 3. The number of guanidine groups is 1. The zero-order chi connectivity index (χ0) is 18.8. The van der Waals surface area contributed by atoms with Gasteiger partial charge in [0.1, 0.15) is 12.4 Å². The van der Waals surface area contributed by atoms with E-state index in [2.05, 4.69) is 25.5 Å². The fraction of sp³-hybridized carbons (Fsp3) is 0.700. The van der Waals surface area contributed by atoms with Crippen LogP contribution in [0.25, 0.3) is 0 Å². The van der Waals surface area contributed by atoms with E-state index in [0.29, 0.717) is 13.2 Å².